The zero-order valence-corrected chi connectivity index (χ0v) is 13.3. The van der Waals surface area contributed by atoms with Crippen molar-refractivity contribution in [1.82, 2.24) is 5.32 Å². The third-order valence-corrected chi connectivity index (χ3v) is 3.65. The van der Waals surface area contributed by atoms with E-state index in [0.717, 1.165) is 0 Å². The van der Waals surface area contributed by atoms with Crippen LogP contribution in [0.3, 0.4) is 0 Å². The van der Waals surface area contributed by atoms with Crippen molar-refractivity contribution < 1.29 is 24.2 Å². The summed E-state index contributed by atoms with van der Waals surface area (Å²) >= 11 is 11.9. The second kappa shape index (κ2) is 6.06. The van der Waals surface area contributed by atoms with Crippen LogP contribution in [0.4, 0.5) is 4.79 Å². The van der Waals surface area contributed by atoms with Gasteiger partial charge in [-0.3, -0.25) is 10.1 Å². The Labute approximate surface area is 136 Å². The molecule has 1 aromatic carbocycles. The highest BCUT2D eigenvalue weighted by Crippen LogP contribution is 2.40. The topological polar surface area (TPSA) is 84.9 Å². The number of aliphatic hydroxyl groups excluding tert-OH is 1. The summed E-state index contributed by atoms with van der Waals surface area (Å²) < 4.78 is 10.1. The van der Waals surface area contributed by atoms with Crippen molar-refractivity contribution in [2.45, 2.75) is 19.4 Å². The Bertz CT molecular complexity index is 673. The van der Waals surface area contributed by atoms with Gasteiger partial charge in [-0.1, -0.05) is 29.3 Å². The maximum Gasteiger partial charge on any atom is 0.414 e. The number of Topliss-reactive ketones (excluding diaryl/α,β-unsaturated/α-hetero) is 1. The molecule has 0 saturated heterocycles. The molecule has 2 N–H and O–H groups in total. The van der Waals surface area contributed by atoms with Crippen LogP contribution in [0.5, 0.6) is 0 Å². The van der Waals surface area contributed by atoms with E-state index in [1.165, 1.54) is 19.1 Å². The van der Waals surface area contributed by atoms with Gasteiger partial charge in [0, 0.05) is 15.6 Å². The molecule has 6 nitrogen and oxygen atoms in total. The molecule has 0 aromatic heterocycles. The van der Waals surface area contributed by atoms with Crippen molar-refractivity contribution in [1.29, 1.82) is 0 Å². The van der Waals surface area contributed by atoms with Crippen molar-refractivity contribution in [3.8, 4) is 0 Å². The standard InChI is InChI=1S/C14H13Cl2NO5/c1-3-21-13(20)17-12-10(18)11(19)14(2,22-12)8-5-4-7(15)6-9(8)16/h4-6,18H,3H2,1-2H3,(H,17,20). The summed E-state index contributed by atoms with van der Waals surface area (Å²) in [7, 11) is 0. The Kier molecular flexibility index (Phi) is 4.53. The fourth-order valence-corrected chi connectivity index (χ4v) is 2.61. The molecule has 22 heavy (non-hydrogen) atoms. The van der Waals surface area contributed by atoms with E-state index in [-0.39, 0.29) is 17.5 Å². The average molecular weight is 346 g/mol. The molecule has 1 aromatic rings. The van der Waals surface area contributed by atoms with Crippen LogP contribution in [0, 0.1) is 0 Å². The first-order chi connectivity index (χ1) is 10.3. The Hall–Kier alpha value is -1.92. The van der Waals surface area contributed by atoms with Gasteiger partial charge in [-0.05, 0) is 26.0 Å². The van der Waals surface area contributed by atoms with E-state index in [0.29, 0.717) is 10.6 Å². The van der Waals surface area contributed by atoms with E-state index in [1.807, 2.05) is 0 Å². The number of ketones is 1. The number of aliphatic hydroxyl groups is 1. The predicted octanol–water partition coefficient (Wildman–Crippen LogP) is 3.28. The molecule has 118 valence electrons. The Morgan fingerprint density at radius 2 is 2.14 bits per heavy atom. The van der Waals surface area contributed by atoms with Gasteiger partial charge in [-0.2, -0.15) is 0 Å². The lowest BCUT2D eigenvalue weighted by Gasteiger charge is -2.24. The minimum atomic E-state index is -1.57. The van der Waals surface area contributed by atoms with Crippen molar-refractivity contribution in [2.75, 3.05) is 6.61 Å². The summed E-state index contributed by atoms with van der Waals surface area (Å²) in [6, 6.07) is 4.51. The summed E-state index contributed by atoms with van der Waals surface area (Å²) in [6.45, 7) is 3.18. The molecular weight excluding hydrogens is 333 g/mol. The van der Waals surface area contributed by atoms with Gasteiger partial charge < -0.3 is 14.6 Å². The summed E-state index contributed by atoms with van der Waals surface area (Å²) in [5, 5.41) is 12.7. The SMILES string of the molecule is CCOC(=O)NC1=C(O)C(=O)C(C)(c2ccc(Cl)cc2Cl)O1. The molecule has 1 atom stereocenters. The monoisotopic (exact) mass is 345 g/mol. The van der Waals surface area contributed by atoms with Crippen LogP contribution in [0.1, 0.15) is 19.4 Å². The highest BCUT2D eigenvalue weighted by atomic mass is 35.5. The van der Waals surface area contributed by atoms with Crippen LogP contribution in [0.2, 0.25) is 10.0 Å². The molecule has 0 bridgehead atoms. The average Bonchev–Trinajstić information content (AvgIpc) is 2.64. The van der Waals surface area contributed by atoms with E-state index < -0.39 is 23.2 Å². The second-order valence-electron chi connectivity index (χ2n) is 4.61. The molecule has 1 heterocycles. The molecule has 0 radical (unpaired) electrons. The predicted molar refractivity (Wildman–Crippen MR) is 79.7 cm³/mol. The zero-order valence-electron chi connectivity index (χ0n) is 11.8. The molecule has 0 spiro atoms. The number of rotatable bonds is 3. The van der Waals surface area contributed by atoms with Gasteiger partial charge in [0.1, 0.15) is 0 Å². The summed E-state index contributed by atoms with van der Waals surface area (Å²) in [5.41, 5.74) is -1.25. The van der Waals surface area contributed by atoms with Crippen LogP contribution >= 0.6 is 23.2 Å². The normalized spacial score (nSPS) is 20.8. The smallest absolute Gasteiger partial charge is 0.414 e. The van der Waals surface area contributed by atoms with Gasteiger partial charge >= 0.3 is 6.09 Å². The number of hydrogen-bond donors (Lipinski definition) is 2. The summed E-state index contributed by atoms with van der Waals surface area (Å²) in [5.74, 6) is -1.82. The van der Waals surface area contributed by atoms with Crippen molar-refractivity contribution >= 4 is 35.1 Å². The van der Waals surface area contributed by atoms with Crippen LogP contribution in [-0.2, 0) is 19.9 Å². The molecular formula is C14H13Cl2NO5. The molecule has 1 aliphatic rings. The van der Waals surface area contributed by atoms with Crippen LogP contribution < -0.4 is 5.32 Å². The van der Waals surface area contributed by atoms with E-state index in [9.17, 15) is 14.7 Å². The summed E-state index contributed by atoms with van der Waals surface area (Å²) in [4.78, 5) is 23.7. The molecule has 2 rings (SSSR count). The third kappa shape index (κ3) is 2.84. The highest BCUT2D eigenvalue weighted by molar-refractivity contribution is 6.35. The highest BCUT2D eigenvalue weighted by Gasteiger charge is 2.49. The minimum absolute atomic E-state index is 0.133. The lowest BCUT2D eigenvalue weighted by Crippen LogP contribution is -2.32. The first kappa shape index (κ1) is 16.5. The van der Waals surface area contributed by atoms with Crippen LogP contribution in [0.25, 0.3) is 0 Å². The number of carbonyl (C=O) groups is 2. The fraction of sp³-hybridized carbons (Fsp3) is 0.286. The third-order valence-electron chi connectivity index (χ3n) is 3.11. The van der Waals surface area contributed by atoms with Gasteiger partial charge in [-0.15, -0.1) is 0 Å². The molecule has 1 aliphatic heterocycles. The largest absolute Gasteiger partial charge is 0.501 e. The van der Waals surface area contributed by atoms with Crippen molar-refractivity contribution in [3.05, 3.63) is 45.5 Å². The lowest BCUT2D eigenvalue weighted by atomic mass is 9.91. The van der Waals surface area contributed by atoms with Gasteiger partial charge in [-0.25, -0.2) is 4.79 Å². The number of ether oxygens (including phenoxy) is 2. The van der Waals surface area contributed by atoms with E-state index in [1.54, 1.807) is 13.0 Å². The number of amides is 1. The molecule has 1 amide bonds. The fourth-order valence-electron chi connectivity index (χ4n) is 2.03. The van der Waals surface area contributed by atoms with E-state index >= 15 is 0 Å². The van der Waals surface area contributed by atoms with Gasteiger partial charge in [0.15, 0.2) is 0 Å². The molecule has 0 saturated carbocycles. The summed E-state index contributed by atoms with van der Waals surface area (Å²) in [6.07, 6.45) is -0.844. The number of halogens is 2. The van der Waals surface area contributed by atoms with Crippen molar-refractivity contribution in [3.63, 3.8) is 0 Å². The minimum Gasteiger partial charge on any atom is -0.501 e. The molecule has 0 fully saturated rings. The van der Waals surface area contributed by atoms with Crippen LogP contribution in [0.15, 0.2) is 29.8 Å². The van der Waals surface area contributed by atoms with E-state index in [4.69, 9.17) is 27.9 Å². The number of carbonyl (C=O) groups excluding carboxylic acids is 2. The van der Waals surface area contributed by atoms with Crippen LogP contribution in [-0.4, -0.2) is 23.6 Å². The number of alkyl carbamates (subject to hydrolysis) is 1. The van der Waals surface area contributed by atoms with Crippen molar-refractivity contribution in [2.24, 2.45) is 0 Å². The Balaban J connectivity index is 2.32. The number of benzene rings is 1. The van der Waals surface area contributed by atoms with Gasteiger partial charge in [0.2, 0.25) is 17.2 Å². The Morgan fingerprint density at radius 3 is 2.73 bits per heavy atom. The maximum atomic E-state index is 12.3. The number of nitrogens with one attached hydrogen (secondary N) is 1. The quantitative estimate of drug-likeness (QED) is 0.877. The Morgan fingerprint density at radius 1 is 1.45 bits per heavy atom. The van der Waals surface area contributed by atoms with Gasteiger partial charge in [0.25, 0.3) is 5.78 Å². The zero-order chi connectivity index (χ0) is 16.5. The van der Waals surface area contributed by atoms with E-state index in [2.05, 4.69) is 10.1 Å². The molecule has 0 aliphatic carbocycles. The molecule has 8 heteroatoms. The van der Waals surface area contributed by atoms with Gasteiger partial charge in [0.05, 0.1) is 6.61 Å². The lowest BCUT2D eigenvalue weighted by molar-refractivity contribution is -0.131. The maximum absolute atomic E-state index is 12.3. The molecule has 1 unspecified atom stereocenters. The first-order valence-corrected chi connectivity index (χ1v) is 7.11. The first-order valence-electron chi connectivity index (χ1n) is 6.36. The second-order valence-corrected chi connectivity index (χ2v) is 5.46. The number of hydrogen-bond acceptors (Lipinski definition) is 5.